The van der Waals surface area contributed by atoms with Crippen LogP contribution in [0.3, 0.4) is 0 Å². The Balaban J connectivity index is 1.65. The topological polar surface area (TPSA) is 101 Å². The molecule has 3 fully saturated rings. The molecular formula is C22H30O6. The lowest BCUT2D eigenvalue weighted by Gasteiger charge is -2.54. The lowest BCUT2D eigenvalue weighted by Crippen LogP contribution is -2.58. The van der Waals surface area contributed by atoms with Crippen LogP contribution < -0.4 is 0 Å². The summed E-state index contributed by atoms with van der Waals surface area (Å²) in [6, 6.07) is 0. The average Bonchev–Trinajstić information content (AvgIpc) is 3.17. The van der Waals surface area contributed by atoms with Crippen LogP contribution in [0.4, 0.5) is 0 Å². The smallest absolute Gasteiger partial charge is 0.331 e. The monoisotopic (exact) mass is 390 g/mol. The third-order valence-electron chi connectivity index (χ3n) is 8.11. The van der Waals surface area contributed by atoms with Gasteiger partial charge in [0.25, 0.3) is 0 Å². The number of hydrogen-bond acceptors (Lipinski definition) is 6. The molecule has 4 rings (SSSR count). The van der Waals surface area contributed by atoms with E-state index in [0.29, 0.717) is 45.1 Å². The van der Waals surface area contributed by atoms with Gasteiger partial charge in [-0.2, -0.15) is 0 Å². The number of fused-ring (bicyclic) bond motifs is 3. The van der Waals surface area contributed by atoms with Crippen molar-refractivity contribution in [3.8, 4) is 0 Å². The van der Waals surface area contributed by atoms with Gasteiger partial charge in [-0.15, -0.1) is 0 Å². The number of aliphatic hydroxyl groups is 2. The van der Waals surface area contributed by atoms with E-state index in [1.807, 2.05) is 0 Å². The van der Waals surface area contributed by atoms with Gasteiger partial charge in [0.1, 0.15) is 18.2 Å². The van der Waals surface area contributed by atoms with Crippen molar-refractivity contribution in [2.24, 2.45) is 23.2 Å². The van der Waals surface area contributed by atoms with Crippen molar-refractivity contribution >= 4 is 17.5 Å². The van der Waals surface area contributed by atoms with Gasteiger partial charge in [0.05, 0.1) is 11.7 Å². The van der Waals surface area contributed by atoms with E-state index in [2.05, 4.69) is 6.92 Å². The second-order valence-electron chi connectivity index (χ2n) is 9.45. The van der Waals surface area contributed by atoms with Crippen molar-refractivity contribution in [3.05, 3.63) is 11.6 Å². The van der Waals surface area contributed by atoms with Gasteiger partial charge >= 0.3 is 5.97 Å². The fourth-order valence-electron chi connectivity index (χ4n) is 6.55. The van der Waals surface area contributed by atoms with Crippen molar-refractivity contribution in [1.82, 2.24) is 0 Å². The number of Topliss-reactive ketones (excluding diaryl/α,β-unsaturated/α-hetero) is 2. The highest BCUT2D eigenvalue weighted by Gasteiger charge is 2.64. The molecule has 6 atom stereocenters. The number of ketones is 2. The van der Waals surface area contributed by atoms with Gasteiger partial charge in [-0.05, 0) is 55.9 Å². The minimum absolute atomic E-state index is 0.00326. The molecule has 3 aliphatic carbocycles. The summed E-state index contributed by atoms with van der Waals surface area (Å²) < 4.78 is 5.11. The average molecular weight is 390 g/mol. The number of ether oxygens (including phenoxy) is 1. The van der Waals surface area contributed by atoms with Crippen molar-refractivity contribution in [2.45, 2.75) is 76.4 Å². The zero-order valence-electron chi connectivity index (χ0n) is 16.5. The number of rotatable bonds is 1. The highest BCUT2D eigenvalue weighted by Crippen LogP contribution is 2.64. The normalized spacial score (nSPS) is 44.5. The predicted molar refractivity (Wildman–Crippen MR) is 100 cm³/mol. The largest absolute Gasteiger partial charge is 0.458 e. The molecule has 0 amide bonds. The molecule has 0 aromatic heterocycles. The zero-order valence-corrected chi connectivity index (χ0v) is 16.5. The van der Waals surface area contributed by atoms with Gasteiger partial charge in [0.15, 0.2) is 0 Å². The Labute approximate surface area is 165 Å². The number of aliphatic hydroxyl groups excluding tert-OH is 1. The lowest BCUT2D eigenvalue weighted by atomic mass is 9.52. The molecule has 2 N–H and O–H groups in total. The minimum atomic E-state index is -1.03. The van der Waals surface area contributed by atoms with E-state index in [9.17, 15) is 24.6 Å². The third kappa shape index (κ3) is 3.05. The number of cyclic esters (lactones) is 1. The highest BCUT2D eigenvalue weighted by molar-refractivity contribution is 5.85. The number of carbonyl (C=O) groups excluding carboxylic acids is 3. The molecule has 6 heteroatoms. The standard InChI is InChI=1S/C22H30O6/c1-21-8-6-16-18(4-2-14(23)11-15(24)3-5-19(16)25)22(21,27)9-7-17(21)13-10-20(26)28-12-13/h10,15-18,24,27H,2-9,11-12H2,1H3/t15-,16-,17-,18+,21+,22+/m0/s1. The minimum Gasteiger partial charge on any atom is -0.458 e. The molecule has 1 heterocycles. The van der Waals surface area contributed by atoms with Crippen molar-refractivity contribution in [1.29, 1.82) is 0 Å². The number of esters is 1. The fraction of sp³-hybridized carbons (Fsp3) is 0.773. The van der Waals surface area contributed by atoms with E-state index < -0.39 is 17.1 Å². The summed E-state index contributed by atoms with van der Waals surface area (Å²) in [5.41, 5.74) is -0.505. The lowest BCUT2D eigenvalue weighted by molar-refractivity contribution is -0.168. The second kappa shape index (κ2) is 7.06. The van der Waals surface area contributed by atoms with E-state index in [1.165, 1.54) is 0 Å². The molecule has 0 aromatic carbocycles. The maximum absolute atomic E-state index is 12.9. The second-order valence-corrected chi connectivity index (χ2v) is 9.45. The van der Waals surface area contributed by atoms with E-state index in [0.717, 1.165) is 12.0 Å². The Morgan fingerprint density at radius 3 is 2.57 bits per heavy atom. The van der Waals surface area contributed by atoms with Crippen LogP contribution in [0.25, 0.3) is 0 Å². The molecule has 0 saturated heterocycles. The fourth-order valence-corrected chi connectivity index (χ4v) is 6.55. The van der Waals surface area contributed by atoms with Crippen LogP contribution in [0.5, 0.6) is 0 Å². The van der Waals surface area contributed by atoms with E-state index in [1.54, 1.807) is 6.08 Å². The molecule has 28 heavy (non-hydrogen) atoms. The molecule has 4 aliphatic rings. The Bertz CT molecular complexity index is 727. The van der Waals surface area contributed by atoms with Gasteiger partial charge in [0, 0.05) is 36.7 Å². The summed E-state index contributed by atoms with van der Waals surface area (Å²) in [5.74, 6) is -0.653. The third-order valence-corrected chi connectivity index (χ3v) is 8.11. The van der Waals surface area contributed by atoms with Gasteiger partial charge in [0.2, 0.25) is 0 Å². The van der Waals surface area contributed by atoms with E-state index in [4.69, 9.17) is 4.74 Å². The Kier molecular flexibility index (Phi) is 4.99. The first-order valence-electron chi connectivity index (χ1n) is 10.6. The van der Waals surface area contributed by atoms with Crippen LogP contribution in [0, 0.1) is 23.2 Å². The molecule has 6 nitrogen and oxygen atoms in total. The first kappa shape index (κ1) is 19.8. The van der Waals surface area contributed by atoms with Gasteiger partial charge in [-0.3, -0.25) is 9.59 Å². The summed E-state index contributed by atoms with van der Waals surface area (Å²) in [6.07, 6.45) is 5.00. The quantitative estimate of drug-likeness (QED) is 0.665. The van der Waals surface area contributed by atoms with Crippen LogP contribution in [0.2, 0.25) is 0 Å². The Hall–Kier alpha value is -1.53. The maximum Gasteiger partial charge on any atom is 0.331 e. The van der Waals surface area contributed by atoms with Crippen LogP contribution in [0.1, 0.15) is 64.7 Å². The predicted octanol–water partition coefficient (Wildman–Crippen LogP) is 2.11. The summed E-state index contributed by atoms with van der Waals surface area (Å²) in [6.45, 7) is 2.37. The van der Waals surface area contributed by atoms with Gasteiger partial charge in [-0.25, -0.2) is 4.79 Å². The van der Waals surface area contributed by atoms with Gasteiger partial charge < -0.3 is 14.9 Å². The molecule has 0 unspecified atom stereocenters. The van der Waals surface area contributed by atoms with Crippen LogP contribution in [-0.2, 0) is 19.1 Å². The van der Waals surface area contributed by atoms with Crippen LogP contribution in [0.15, 0.2) is 11.6 Å². The van der Waals surface area contributed by atoms with E-state index in [-0.39, 0.29) is 48.1 Å². The molecule has 1 aliphatic heterocycles. The van der Waals surface area contributed by atoms with Gasteiger partial charge in [-0.1, -0.05) is 6.92 Å². The molecule has 154 valence electrons. The SMILES string of the molecule is C[C@]12CC[C@@H]3C(=O)CC[C@H](O)CC(=O)CC[C@H]3[C@]1(O)CC[C@H]2C1=CC(=O)OC1. The molecule has 0 aromatic rings. The van der Waals surface area contributed by atoms with Crippen molar-refractivity contribution in [2.75, 3.05) is 6.61 Å². The summed E-state index contributed by atoms with van der Waals surface area (Å²) in [5, 5.41) is 21.9. The summed E-state index contributed by atoms with van der Waals surface area (Å²) in [7, 11) is 0. The Morgan fingerprint density at radius 2 is 1.86 bits per heavy atom. The van der Waals surface area contributed by atoms with Crippen LogP contribution >= 0.6 is 0 Å². The molecule has 0 spiro atoms. The zero-order chi connectivity index (χ0) is 20.1. The number of carbonyl (C=O) groups is 3. The summed E-state index contributed by atoms with van der Waals surface area (Å²) >= 11 is 0. The first-order valence-corrected chi connectivity index (χ1v) is 10.6. The number of hydrogen-bond donors (Lipinski definition) is 2. The highest BCUT2D eigenvalue weighted by atomic mass is 16.5. The van der Waals surface area contributed by atoms with Crippen LogP contribution in [-0.4, -0.2) is 46.1 Å². The molecule has 0 radical (unpaired) electrons. The van der Waals surface area contributed by atoms with E-state index >= 15 is 0 Å². The molecule has 3 saturated carbocycles. The summed E-state index contributed by atoms with van der Waals surface area (Å²) in [4.78, 5) is 36.8. The van der Waals surface area contributed by atoms with Crippen molar-refractivity contribution in [3.63, 3.8) is 0 Å². The first-order chi connectivity index (χ1) is 13.2. The maximum atomic E-state index is 12.9. The van der Waals surface area contributed by atoms with Crippen molar-refractivity contribution < 1.29 is 29.3 Å². The molecular weight excluding hydrogens is 360 g/mol. The molecule has 0 bridgehead atoms. The Morgan fingerprint density at radius 1 is 1.07 bits per heavy atom.